The van der Waals surface area contributed by atoms with Crippen molar-refractivity contribution in [2.45, 2.75) is 13.8 Å². The number of nitrogens with one attached hydrogen (secondary N) is 1. The van der Waals surface area contributed by atoms with Crippen molar-refractivity contribution >= 4 is 25.3 Å². The number of phosphoric acid groups is 1. The van der Waals surface area contributed by atoms with Crippen LogP contribution in [0.25, 0.3) is 0 Å². The zero-order chi connectivity index (χ0) is 12.8. The van der Waals surface area contributed by atoms with Gasteiger partial charge in [-0.25, -0.2) is 4.57 Å². The van der Waals surface area contributed by atoms with Gasteiger partial charge in [-0.3, -0.25) is 13.8 Å². The molecule has 0 fully saturated rings. The van der Waals surface area contributed by atoms with Gasteiger partial charge in [-0.2, -0.15) is 0 Å². The van der Waals surface area contributed by atoms with Crippen LogP contribution in [0.2, 0.25) is 0 Å². The van der Waals surface area contributed by atoms with Gasteiger partial charge < -0.3 is 9.84 Å². The Bertz CT molecular complexity index is 322. The van der Waals surface area contributed by atoms with Gasteiger partial charge in [0.25, 0.3) is 5.91 Å². The SMILES string of the molecule is CCNC(=O)/C(Cl)=C(\C)OP(=O)(OC)OC. The maximum Gasteiger partial charge on any atom is 0.529 e. The lowest BCUT2D eigenvalue weighted by Crippen LogP contribution is -2.23. The van der Waals surface area contributed by atoms with Crippen LogP contribution < -0.4 is 5.32 Å². The van der Waals surface area contributed by atoms with Gasteiger partial charge in [0.1, 0.15) is 10.8 Å². The summed E-state index contributed by atoms with van der Waals surface area (Å²) in [4.78, 5) is 11.3. The van der Waals surface area contributed by atoms with Crippen LogP contribution in [0.15, 0.2) is 10.8 Å². The van der Waals surface area contributed by atoms with E-state index in [1.165, 1.54) is 6.92 Å². The highest BCUT2D eigenvalue weighted by molar-refractivity contribution is 7.48. The van der Waals surface area contributed by atoms with Gasteiger partial charge in [-0.05, 0) is 13.8 Å². The lowest BCUT2D eigenvalue weighted by Gasteiger charge is -2.15. The maximum absolute atomic E-state index is 11.6. The van der Waals surface area contributed by atoms with Crippen LogP contribution in [0.5, 0.6) is 0 Å². The molecule has 0 unspecified atom stereocenters. The number of phosphoric ester groups is 1. The Labute approximate surface area is 99.5 Å². The lowest BCUT2D eigenvalue weighted by molar-refractivity contribution is -0.116. The molecule has 94 valence electrons. The lowest BCUT2D eigenvalue weighted by atomic mass is 10.4. The topological polar surface area (TPSA) is 73.9 Å². The van der Waals surface area contributed by atoms with E-state index in [9.17, 15) is 9.36 Å². The molecule has 0 spiro atoms. The van der Waals surface area contributed by atoms with Gasteiger partial charge in [0.2, 0.25) is 0 Å². The third-order valence-electron chi connectivity index (χ3n) is 1.54. The quantitative estimate of drug-likeness (QED) is 0.454. The highest BCUT2D eigenvalue weighted by Gasteiger charge is 2.26. The van der Waals surface area contributed by atoms with Crippen molar-refractivity contribution in [1.29, 1.82) is 0 Å². The molecule has 0 heterocycles. The van der Waals surface area contributed by atoms with Gasteiger partial charge in [-0.15, -0.1) is 0 Å². The molecule has 0 saturated heterocycles. The standard InChI is InChI=1S/C8H15ClNO5P/c1-5-10-8(11)7(9)6(2)15-16(12,13-3)14-4/h5H2,1-4H3,(H,10,11)/b7-6-. The Morgan fingerprint density at radius 1 is 1.38 bits per heavy atom. The molecule has 0 rings (SSSR count). The number of amides is 1. The minimum absolute atomic E-state index is 0.0281. The highest BCUT2D eigenvalue weighted by atomic mass is 35.5. The molecule has 0 aliphatic rings. The molecule has 0 bridgehead atoms. The Morgan fingerprint density at radius 2 is 1.88 bits per heavy atom. The van der Waals surface area contributed by atoms with Crippen molar-refractivity contribution in [1.82, 2.24) is 5.32 Å². The molecule has 1 amide bonds. The van der Waals surface area contributed by atoms with E-state index in [0.717, 1.165) is 14.2 Å². The van der Waals surface area contributed by atoms with Crippen LogP contribution in [-0.2, 0) is 22.9 Å². The third-order valence-corrected chi connectivity index (χ3v) is 3.37. The smallest absolute Gasteiger partial charge is 0.407 e. The van der Waals surface area contributed by atoms with Crippen LogP contribution >= 0.6 is 19.4 Å². The van der Waals surface area contributed by atoms with E-state index in [1.807, 2.05) is 0 Å². The molecular formula is C8H15ClNO5P. The van der Waals surface area contributed by atoms with Crippen molar-refractivity contribution < 1.29 is 22.9 Å². The van der Waals surface area contributed by atoms with Gasteiger partial charge in [-0.1, -0.05) is 11.6 Å². The molecule has 0 aliphatic heterocycles. The molecule has 0 aliphatic carbocycles. The van der Waals surface area contributed by atoms with E-state index in [-0.39, 0.29) is 10.8 Å². The Balaban J connectivity index is 4.77. The first kappa shape index (κ1) is 15.4. The second-order valence-electron chi connectivity index (χ2n) is 2.63. The van der Waals surface area contributed by atoms with Crippen LogP contribution in [0.1, 0.15) is 13.8 Å². The predicted octanol–water partition coefficient (Wildman–Crippen LogP) is 2.01. The summed E-state index contributed by atoms with van der Waals surface area (Å²) in [5, 5.41) is 2.27. The van der Waals surface area contributed by atoms with Crippen molar-refractivity contribution in [2.24, 2.45) is 0 Å². The predicted molar refractivity (Wildman–Crippen MR) is 59.9 cm³/mol. The Hall–Kier alpha value is -0.550. The molecule has 6 nitrogen and oxygen atoms in total. The molecule has 0 atom stereocenters. The summed E-state index contributed by atoms with van der Waals surface area (Å²) in [6.45, 7) is 3.56. The summed E-state index contributed by atoms with van der Waals surface area (Å²) in [7, 11) is -1.34. The molecule has 1 N–H and O–H groups in total. The number of halogens is 1. The fraction of sp³-hybridized carbons (Fsp3) is 0.625. The molecule has 8 heteroatoms. The van der Waals surface area contributed by atoms with Gasteiger partial charge in [0.05, 0.1) is 0 Å². The molecule has 0 radical (unpaired) electrons. The van der Waals surface area contributed by atoms with E-state index >= 15 is 0 Å². The van der Waals surface area contributed by atoms with Gasteiger partial charge in [0.15, 0.2) is 0 Å². The average Bonchev–Trinajstić information content (AvgIpc) is 2.28. The molecular weight excluding hydrogens is 257 g/mol. The van der Waals surface area contributed by atoms with E-state index in [4.69, 9.17) is 16.1 Å². The summed E-state index contributed by atoms with van der Waals surface area (Å²) in [6.07, 6.45) is 0. The molecule has 0 aromatic heterocycles. The van der Waals surface area contributed by atoms with Crippen LogP contribution in [0, 0.1) is 0 Å². The number of likely N-dealkylation sites (N-methyl/N-ethyl adjacent to an activating group) is 1. The first-order chi connectivity index (χ1) is 7.40. The van der Waals surface area contributed by atoms with Crippen LogP contribution in [0.4, 0.5) is 0 Å². The normalized spacial score (nSPS) is 13.1. The average molecular weight is 272 g/mol. The molecule has 0 aromatic carbocycles. The summed E-state index contributed by atoms with van der Waals surface area (Å²) in [5.74, 6) is -0.542. The van der Waals surface area contributed by atoms with Crippen LogP contribution in [-0.4, -0.2) is 26.7 Å². The van der Waals surface area contributed by atoms with Crippen molar-refractivity contribution in [2.75, 3.05) is 20.8 Å². The van der Waals surface area contributed by atoms with E-state index in [1.54, 1.807) is 6.92 Å². The zero-order valence-electron chi connectivity index (χ0n) is 9.57. The van der Waals surface area contributed by atoms with Crippen LogP contribution in [0.3, 0.4) is 0 Å². The largest absolute Gasteiger partial charge is 0.529 e. The van der Waals surface area contributed by atoms with Gasteiger partial charge >= 0.3 is 7.82 Å². The number of carbonyl (C=O) groups excluding carboxylic acids is 1. The van der Waals surface area contributed by atoms with E-state index in [0.29, 0.717) is 6.54 Å². The van der Waals surface area contributed by atoms with Crippen molar-refractivity contribution in [3.63, 3.8) is 0 Å². The fourth-order valence-corrected chi connectivity index (χ4v) is 1.64. The number of carbonyl (C=O) groups is 1. The van der Waals surface area contributed by atoms with E-state index < -0.39 is 13.7 Å². The summed E-state index contributed by atoms with van der Waals surface area (Å²) in [6, 6.07) is 0. The summed E-state index contributed by atoms with van der Waals surface area (Å²) < 4.78 is 25.5. The number of rotatable bonds is 6. The first-order valence-corrected chi connectivity index (χ1v) is 6.29. The first-order valence-electron chi connectivity index (χ1n) is 4.45. The minimum atomic E-state index is -3.67. The van der Waals surface area contributed by atoms with E-state index in [2.05, 4.69) is 14.4 Å². The maximum atomic E-state index is 11.6. The van der Waals surface area contributed by atoms with Crippen molar-refractivity contribution in [3.05, 3.63) is 10.8 Å². The summed E-state index contributed by atoms with van der Waals surface area (Å²) >= 11 is 5.69. The third kappa shape index (κ3) is 4.53. The zero-order valence-corrected chi connectivity index (χ0v) is 11.2. The highest BCUT2D eigenvalue weighted by Crippen LogP contribution is 2.50. The summed E-state index contributed by atoms with van der Waals surface area (Å²) in [5.41, 5.74) is 0. The number of hydrogen-bond donors (Lipinski definition) is 1. The Kier molecular flexibility index (Phi) is 6.67. The molecule has 16 heavy (non-hydrogen) atoms. The second kappa shape index (κ2) is 6.91. The van der Waals surface area contributed by atoms with Gasteiger partial charge in [0, 0.05) is 20.8 Å². The Morgan fingerprint density at radius 3 is 2.25 bits per heavy atom. The monoisotopic (exact) mass is 271 g/mol. The minimum Gasteiger partial charge on any atom is -0.407 e. The number of hydrogen-bond acceptors (Lipinski definition) is 5. The van der Waals surface area contributed by atoms with Crippen molar-refractivity contribution in [3.8, 4) is 0 Å². The molecule has 0 saturated carbocycles. The fourth-order valence-electron chi connectivity index (χ4n) is 0.755. The molecule has 0 aromatic rings. The second-order valence-corrected chi connectivity index (χ2v) is 4.82. The number of allylic oxidation sites excluding steroid dienone is 1.